The van der Waals surface area contributed by atoms with Crippen molar-refractivity contribution in [2.45, 2.75) is 56.8 Å². The van der Waals surface area contributed by atoms with E-state index in [1.54, 1.807) is 4.90 Å². The molecule has 2 saturated heterocycles. The third-order valence-corrected chi connectivity index (χ3v) is 4.28. The molecule has 0 saturated carbocycles. The maximum atomic E-state index is 12.5. The van der Waals surface area contributed by atoms with E-state index in [-0.39, 0.29) is 11.9 Å². The summed E-state index contributed by atoms with van der Waals surface area (Å²) in [6.45, 7) is 2.73. The smallest absolute Gasteiger partial charge is 0.243 e. The van der Waals surface area contributed by atoms with Crippen molar-refractivity contribution in [2.75, 3.05) is 13.1 Å². The zero-order chi connectivity index (χ0) is 16.3. The van der Waals surface area contributed by atoms with E-state index in [1.165, 1.54) is 6.92 Å². The van der Waals surface area contributed by atoms with E-state index in [9.17, 15) is 19.5 Å². The van der Waals surface area contributed by atoms with E-state index in [4.69, 9.17) is 5.73 Å². The molecule has 22 heavy (non-hydrogen) atoms. The number of hydrogen-bond acceptors (Lipinski definition) is 5. The number of nitrogens with zero attached hydrogens (tertiary/aromatic N) is 1. The maximum absolute atomic E-state index is 12.5. The Kier molecular flexibility index (Phi) is 5.36. The summed E-state index contributed by atoms with van der Waals surface area (Å²) in [5, 5.41) is 15.1. The SMILES string of the molecule is C[C@@H](O)[C@H](NC(=O)[C@@H]1CCCN1C(=O)[C@H]1CCCN1)C(N)=O. The fourth-order valence-electron chi connectivity index (χ4n) is 3.08. The van der Waals surface area contributed by atoms with Crippen LogP contribution in [0.5, 0.6) is 0 Å². The molecule has 2 fully saturated rings. The van der Waals surface area contributed by atoms with Gasteiger partial charge in [0.2, 0.25) is 17.7 Å². The fraction of sp³-hybridized carbons (Fsp3) is 0.786. The lowest BCUT2D eigenvalue weighted by atomic mass is 10.1. The molecule has 2 aliphatic heterocycles. The number of nitrogens with one attached hydrogen (secondary N) is 2. The molecule has 0 aliphatic carbocycles. The van der Waals surface area contributed by atoms with Crippen molar-refractivity contribution >= 4 is 17.7 Å². The van der Waals surface area contributed by atoms with Crippen LogP contribution in [-0.2, 0) is 14.4 Å². The Balaban J connectivity index is 2.01. The van der Waals surface area contributed by atoms with Gasteiger partial charge in [-0.2, -0.15) is 0 Å². The van der Waals surface area contributed by atoms with Gasteiger partial charge in [-0.05, 0) is 39.2 Å². The number of nitrogens with two attached hydrogens (primary N) is 1. The van der Waals surface area contributed by atoms with E-state index in [0.717, 1.165) is 25.8 Å². The average Bonchev–Trinajstić information content (AvgIpc) is 3.13. The predicted octanol–water partition coefficient (Wildman–Crippen LogP) is -1.92. The first-order valence-electron chi connectivity index (χ1n) is 7.73. The van der Waals surface area contributed by atoms with Gasteiger partial charge in [0.15, 0.2) is 0 Å². The molecule has 0 bridgehead atoms. The van der Waals surface area contributed by atoms with Crippen molar-refractivity contribution in [1.29, 1.82) is 0 Å². The molecular weight excluding hydrogens is 288 g/mol. The normalized spacial score (nSPS) is 27.5. The molecule has 0 aromatic heterocycles. The van der Waals surface area contributed by atoms with Crippen molar-refractivity contribution in [3.63, 3.8) is 0 Å². The molecular formula is C14H24N4O4. The van der Waals surface area contributed by atoms with Gasteiger partial charge in [-0.1, -0.05) is 0 Å². The molecule has 0 radical (unpaired) electrons. The van der Waals surface area contributed by atoms with Crippen molar-refractivity contribution in [3.8, 4) is 0 Å². The van der Waals surface area contributed by atoms with E-state index < -0.39 is 30.0 Å². The summed E-state index contributed by atoms with van der Waals surface area (Å²) in [5.74, 6) is -1.30. The second-order valence-electron chi connectivity index (χ2n) is 5.97. The minimum absolute atomic E-state index is 0.0668. The zero-order valence-electron chi connectivity index (χ0n) is 12.7. The van der Waals surface area contributed by atoms with Crippen LogP contribution in [0.15, 0.2) is 0 Å². The number of carbonyl (C=O) groups excluding carboxylic acids is 3. The first-order chi connectivity index (χ1) is 10.4. The van der Waals surface area contributed by atoms with Crippen LogP contribution < -0.4 is 16.4 Å². The lowest BCUT2D eigenvalue weighted by Gasteiger charge is -2.28. The van der Waals surface area contributed by atoms with Gasteiger partial charge in [-0.25, -0.2) is 0 Å². The Bertz CT molecular complexity index is 448. The molecule has 8 heteroatoms. The Morgan fingerprint density at radius 2 is 2.05 bits per heavy atom. The largest absolute Gasteiger partial charge is 0.391 e. The quantitative estimate of drug-likeness (QED) is 0.471. The number of rotatable bonds is 5. The fourth-order valence-corrected chi connectivity index (χ4v) is 3.08. The lowest BCUT2D eigenvalue weighted by molar-refractivity contribution is -0.141. The molecule has 2 aliphatic rings. The van der Waals surface area contributed by atoms with E-state index in [0.29, 0.717) is 13.0 Å². The highest BCUT2D eigenvalue weighted by atomic mass is 16.3. The predicted molar refractivity (Wildman–Crippen MR) is 78.6 cm³/mol. The van der Waals surface area contributed by atoms with Crippen LogP contribution in [0.25, 0.3) is 0 Å². The number of aliphatic hydroxyl groups excluding tert-OH is 1. The van der Waals surface area contributed by atoms with Gasteiger partial charge in [0.25, 0.3) is 0 Å². The molecule has 8 nitrogen and oxygen atoms in total. The second-order valence-corrected chi connectivity index (χ2v) is 5.97. The number of aliphatic hydroxyl groups is 1. The highest BCUT2D eigenvalue weighted by molar-refractivity contribution is 5.93. The zero-order valence-corrected chi connectivity index (χ0v) is 12.7. The minimum Gasteiger partial charge on any atom is -0.391 e. The molecule has 124 valence electrons. The Hall–Kier alpha value is -1.67. The van der Waals surface area contributed by atoms with Crippen LogP contribution in [0, 0.1) is 0 Å². The number of hydrogen-bond donors (Lipinski definition) is 4. The average molecular weight is 312 g/mol. The molecule has 0 aromatic carbocycles. The highest BCUT2D eigenvalue weighted by Gasteiger charge is 2.39. The van der Waals surface area contributed by atoms with Crippen molar-refractivity contribution in [3.05, 3.63) is 0 Å². The summed E-state index contributed by atoms with van der Waals surface area (Å²) in [7, 11) is 0. The second kappa shape index (κ2) is 7.06. The molecule has 2 heterocycles. The van der Waals surface area contributed by atoms with Crippen LogP contribution in [-0.4, -0.2) is 65.0 Å². The van der Waals surface area contributed by atoms with Gasteiger partial charge in [0.1, 0.15) is 12.1 Å². The summed E-state index contributed by atoms with van der Waals surface area (Å²) >= 11 is 0. The first-order valence-corrected chi connectivity index (χ1v) is 7.73. The molecule has 0 aromatic rings. The van der Waals surface area contributed by atoms with Crippen LogP contribution in [0.4, 0.5) is 0 Å². The highest BCUT2D eigenvalue weighted by Crippen LogP contribution is 2.21. The number of likely N-dealkylation sites (tertiary alicyclic amines) is 1. The van der Waals surface area contributed by atoms with Gasteiger partial charge in [-0.3, -0.25) is 14.4 Å². The number of amides is 3. The van der Waals surface area contributed by atoms with Crippen LogP contribution in [0.1, 0.15) is 32.6 Å². The monoisotopic (exact) mass is 312 g/mol. The van der Waals surface area contributed by atoms with Gasteiger partial charge >= 0.3 is 0 Å². The summed E-state index contributed by atoms with van der Waals surface area (Å²) in [5.41, 5.74) is 5.17. The lowest BCUT2D eigenvalue weighted by Crippen LogP contribution is -2.57. The third kappa shape index (κ3) is 3.56. The summed E-state index contributed by atoms with van der Waals surface area (Å²) < 4.78 is 0. The van der Waals surface area contributed by atoms with Crippen molar-refractivity contribution in [2.24, 2.45) is 5.73 Å². The van der Waals surface area contributed by atoms with Gasteiger partial charge in [-0.15, -0.1) is 0 Å². The van der Waals surface area contributed by atoms with Crippen LogP contribution in [0.3, 0.4) is 0 Å². The summed E-state index contributed by atoms with van der Waals surface area (Å²) in [4.78, 5) is 37.6. The topological polar surface area (TPSA) is 125 Å². The Morgan fingerprint density at radius 1 is 1.32 bits per heavy atom. The van der Waals surface area contributed by atoms with E-state index in [2.05, 4.69) is 10.6 Å². The molecule has 2 rings (SSSR count). The molecule has 4 atom stereocenters. The minimum atomic E-state index is -1.14. The van der Waals surface area contributed by atoms with Crippen LogP contribution in [0.2, 0.25) is 0 Å². The third-order valence-electron chi connectivity index (χ3n) is 4.28. The van der Waals surface area contributed by atoms with Gasteiger partial charge in [0.05, 0.1) is 12.1 Å². The molecule has 0 spiro atoms. The summed E-state index contributed by atoms with van der Waals surface area (Å²) in [6, 6.07) is -1.97. The Morgan fingerprint density at radius 3 is 2.59 bits per heavy atom. The summed E-state index contributed by atoms with van der Waals surface area (Å²) in [6.07, 6.45) is 1.94. The number of primary amides is 1. The first kappa shape index (κ1) is 16.7. The Labute approximate surface area is 129 Å². The molecule has 0 unspecified atom stereocenters. The molecule has 3 amide bonds. The van der Waals surface area contributed by atoms with E-state index >= 15 is 0 Å². The molecule has 5 N–H and O–H groups in total. The maximum Gasteiger partial charge on any atom is 0.243 e. The number of carbonyl (C=O) groups is 3. The van der Waals surface area contributed by atoms with Crippen molar-refractivity contribution < 1.29 is 19.5 Å². The van der Waals surface area contributed by atoms with Gasteiger partial charge in [0, 0.05) is 6.54 Å². The standard InChI is InChI=1S/C14H24N4O4/c1-8(19)11(12(15)20)17-13(21)10-5-3-7-18(10)14(22)9-4-2-6-16-9/h8-11,16,19H,2-7H2,1H3,(H2,15,20)(H,17,21)/t8-,9-,10+,11+/m1/s1. The van der Waals surface area contributed by atoms with Gasteiger partial charge < -0.3 is 26.4 Å². The van der Waals surface area contributed by atoms with Crippen LogP contribution >= 0.6 is 0 Å². The van der Waals surface area contributed by atoms with Crippen molar-refractivity contribution in [1.82, 2.24) is 15.5 Å². The van der Waals surface area contributed by atoms with E-state index in [1.807, 2.05) is 0 Å².